The van der Waals surface area contributed by atoms with Crippen molar-refractivity contribution in [1.29, 1.82) is 0 Å². The number of aromatic nitrogens is 5. The minimum Gasteiger partial charge on any atom is -0.434 e. The van der Waals surface area contributed by atoms with Gasteiger partial charge in [-0.25, -0.2) is 21.0 Å². The van der Waals surface area contributed by atoms with Gasteiger partial charge in [-0.2, -0.15) is 9.78 Å². The average Bonchev–Trinajstić information content (AvgIpc) is 2.91. The molecule has 0 bridgehead atoms. The summed E-state index contributed by atoms with van der Waals surface area (Å²) in [6.45, 7) is 10.3. The number of hydrogen-bond acceptors (Lipinski definition) is 7. The number of H-pyrrole nitrogens is 1. The van der Waals surface area contributed by atoms with Gasteiger partial charge in [0.15, 0.2) is 5.75 Å². The summed E-state index contributed by atoms with van der Waals surface area (Å²) in [5, 5.41) is 10.3. The fourth-order valence-corrected chi connectivity index (χ4v) is 4.15. The number of benzene rings is 2. The standard InChI is InChI=1S/C26H22Cl2N6O5/c1-15(2)18-11-22(30-31-24(18)35)39-23-19(27)9-17(10-20(23)28)34-26(37)33(25(36)21(32-34)12-29-3)14-38-13-16-7-5-4-6-8-16/h4-11,15H,12-14H2,1-2H3,(H,31,35). The van der Waals surface area contributed by atoms with E-state index >= 15 is 0 Å². The van der Waals surface area contributed by atoms with Crippen LogP contribution in [0.15, 0.2) is 62.9 Å². The van der Waals surface area contributed by atoms with Crippen LogP contribution in [0, 0.1) is 6.57 Å². The molecule has 0 amide bonds. The first-order valence-electron chi connectivity index (χ1n) is 11.6. The molecule has 13 heteroatoms. The van der Waals surface area contributed by atoms with E-state index in [1.807, 2.05) is 44.2 Å². The topological polar surface area (TPSA) is 125 Å². The van der Waals surface area contributed by atoms with Crippen molar-refractivity contribution < 1.29 is 9.47 Å². The fourth-order valence-electron chi connectivity index (χ4n) is 3.60. The van der Waals surface area contributed by atoms with E-state index in [0.29, 0.717) is 5.56 Å². The largest absolute Gasteiger partial charge is 0.434 e. The predicted molar refractivity (Wildman–Crippen MR) is 145 cm³/mol. The quantitative estimate of drug-likeness (QED) is 0.298. The molecule has 0 aliphatic heterocycles. The maximum absolute atomic E-state index is 13.3. The van der Waals surface area contributed by atoms with Crippen molar-refractivity contribution in [1.82, 2.24) is 24.5 Å². The average molecular weight is 569 g/mol. The lowest BCUT2D eigenvalue weighted by atomic mass is 10.1. The van der Waals surface area contributed by atoms with E-state index in [4.69, 9.17) is 39.2 Å². The summed E-state index contributed by atoms with van der Waals surface area (Å²) in [5.41, 5.74) is -0.596. The molecule has 2 aromatic heterocycles. The van der Waals surface area contributed by atoms with Crippen LogP contribution in [0.5, 0.6) is 11.6 Å². The second-order valence-electron chi connectivity index (χ2n) is 8.64. The zero-order valence-electron chi connectivity index (χ0n) is 20.9. The molecule has 2 aromatic carbocycles. The molecule has 0 aliphatic carbocycles. The molecule has 0 unspecified atom stereocenters. The van der Waals surface area contributed by atoms with Gasteiger partial charge in [0.25, 0.3) is 17.7 Å². The van der Waals surface area contributed by atoms with Gasteiger partial charge < -0.3 is 14.3 Å². The van der Waals surface area contributed by atoms with E-state index in [-0.39, 0.29) is 64.4 Å². The van der Waals surface area contributed by atoms with Crippen LogP contribution in [0.3, 0.4) is 0 Å². The Hall–Kier alpha value is -4.24. The minimum absolute atomic E-state index is 0.00936. The molecule has 0 fully saturated rings. The predicted octanol–water partition coefficient (Wildman–Crippen LogP) is 4.29. The molecule has 0 aliphatic rings. The van der Waals surface area contributed by atoms with E-state index < -0.39 is 11.2 Å². The molecular formula is C26H22Cl2N6O5. The SMILES string of the molecule is [C-]#[N+]Cc1nn(-c2cc(Cl)c(Oc3cc(C(C)C)c(=O)[nH]n3)c(Cl)c2)c(=O)n(COCc2ccccc2)c1=O. The molecule has 4 rings (SSSR count). The molecule has 0 atom stereocenters. The number of rotatable bonds is 9. The molecule has 0 spiro atoms. The highest BCUT2D eigenvalue weighted by atomic mass is 35.5. The summed E-state index contributed by atoms with van der Waals surface area (Å²) in [5.74, 6) is 0.0151. The second kappa shape index (κ2) is 12.1. The Labute approximate surface area is 232 Å². The molecule has 11 nitrogen and oxygen atoms in total. The molecular weight excluding hydrogens is 547 g/mol. The van der Waals surface area contributed by atoms with Crippen LogP contribution in [0.2, 0.25) is 10.0 Å². The van der Waals surface area contributed by atoms with Crippen molar-refractivity contribution in [2.45, 2.75) is 39.6 Å². The summed E-state index contributed by atoms with van der Waals surface area (Å²) >= 11 is 12.9. The highest BCUT2D eigenvalue weighted by molar-refractivity contribution is 6.37. The Bertz CT molecular complexity index is 1700. The summed E-state index contributed by atoms with van der Waals surface area (Å²) in [6.07, 6.45) is 0. The highest BCUT2D eigenvalue weighted by Crippen LogP contribution is 2.37. The van der Waals surface area contributed by atoms with Crippen LogP contribution in [-0.2, 0) is 24.6 Å². The molecule has 39 heavy (non-hydrogen) atoms. The molecule has 4 aromatic rings. The summed E-state index contributed by atoms with van der Waals surface area (Å²) in [6, 6.07) is 13.5. The van der Waals surface area contributed by atoms with Crippen molar-refractivity contribution in [3.05, 3.63) is 118 Å². The Morgan fingerprint density at radius 3 is 2.41 bits per heavy atom. The van der Waals surface area contributed by atoms with Gasteiger partial charge in [-0.05, 0) is 23.6 Å². The lowest BCUT2D eigenvalue weighted by molar-refractivity contribution is 0.0575. The first kappa shape index (κ1) is 27.8. The molecule has 2 heterocycles. The normalized spacial score (nSPS) is 11.0. The van der Waals surface area contributed by atoms with Crippen molar-refractivity contribution >= 4 is 23.2 Å². The summed E-state index contributed by atoms with van der Waals surface area (Å²) in [7, 11) is 0. The van der Waals surface area contributed by atoms with Crippen LogP contribution in [0.4, 0.5) is 0 Å². The number of halogens is 2. The van der Waals surface area contributed by atoms with Crippen LogP contribution >= 0.6 is 23.2 Å². The van der Waals surface area contributed by atoms with Gasteiger partial charge in [0.2, 0.25) is 11.6 Å². The van der Waals surface area contributed by atoms with Gasteiger partial charge >= 0.3 is 5.69 Å². The van der Waals surface area contributed by atoms with Gasteiger partial charge in [-0.1, -0.05) is 67.4 Å². The van der Waals surface area contributed by atoms with Crippen molar-refractivity contribution in [3.8, 4) is 17.3 Å². The lowest BCUT2D eigenvalue weighted by Gasteiger charge is -2.14. The first-order valence-corrected chi connectivity index (χ1v) is 12.4. The maximum Gasteiger partial charge on any atom is 0.354 e. The first-order chi connectivity index (χ1) is 18.7. The molecule has 0 saturated carbocycles. The molecule has 0 radical (unpaired) electrons. The number of hydrogen-bond donors (Lipinski definition) is 1. The monoisotopic (exact) mass is 568 g/mol. The van der Waals surface area contributed by atoms with E-state index in [0.717, 1.165) is 14.8 Å². The van der Waals surface area contributed by atoms with Gasteiger partial charge in [0.05, 0.1) is 22.3 Å². The summed E-state index contributed by atoms with van der Waals surface area (Å²) in [4.78, 5) is 41.3. The lowest BCUT2D eigenvalue weighted by Crippen LogP contribution is -2.43. The number of nitrogens with zero attached hydrogens (tertiary/aromatic N) is 5. The molecule has 200 valence electrons. The van der Waals surface area contributed by atoms with E-state index in [2.05, 4.69) is 20.1 Å². The highest BCUT2D eigenvalue weighted by Gasteiger charge is 2.20. The van der Waals surface area contributed by atoms with Crippen molar-refractivity contribution in [2.24, 2.45) is 0 Å². The maximum atomic E-state index is 13.3. The van der Waals surface area contributed by atoms with Crippen LogP contribution in [-0.4, -0.2) is 24.5 Å². The Morgan fingerprint density at radius 2 is 1.77 bits per heavy atom. The third-order valence-corrected chi connectivity index (χ3v) is 6.11. The Balaban J connectivity index is 1.70. The molecule has 1 N–H and O–H groups in total. The van der Waals surface area contributed by atoms with Gasteiger partial charge in [0.1, 0.15) is 6.73 Å². The Kier molecular flexibility index (Phi) is 8.61. The summed E-state index contributed by atoms with van der Waals surface area (Å²) < 4.78 is 13.1. The van der Waals surface area contributed by atoms with Gasteiger partial charge in [0, 0.05) is 11.6 Å². The third kappa shape index (κ3) is 6.26. The number of nitrogens with one attached hydrogen (secondary N) is 1. The fraction of sp³-hybridized carbons (Fsp3) is 0.231. The van der Waals surface area contributed by atoms with E-state index in [9.17, 15) is 14.4 Å². The van der Waals surface area contributed by atoms with Gasteiger partial charge in [-0.15, -0.1) is 5.10 Å². The number of aromatic amines is 1. The second-order valence-corrected chi connectivity index (χ2v) is 9.45. The smallest absolute Gasteiger partial charge is 0.354 e. The van der Waals surface area contributed by atoms with Crippen molar-refractivity contribution in [2.75, 3.05) is 0 Å². The minimum atomic E-state index is -0.813. The van der Waals surface area contributed by atoms with Crippen LogP contribution < -0.4 is 21.5 Å². The van der Waals surface area contributed by atoms with E-state index in [1.54, 1.807) is 0 Å². The van der Waals surface area contributed by atoms with Crippen molar-refractivity contribution in [3.63, 3.8) is 0 Å². The zero-order valence-corrected chi connectivity index (χ0v) is 22.4. The third-order valence-electron chi connectivity index (χ3n) is 5.55. The van der Waals surface area contributed by atoms with E-state index in [1.165, 1.54) is 18.2 Å². The zero-order chi connectivity index (χ0) is 28.1. The van der Waals surface area contributed by atoms with Gasteiger partial charge in [-0.3, -0.25) is 9.59 Å². The number of ether oxygens (including phenoxy) is 2. The van der Waals surface area contributed by atoms with Crippen LogP contribution in [0.25, 0.3) is 10.5 Å². The van der Waals surface area contributed by atoms with Crippen LogP contribution in [0.1, 0.15) is 36.6 Å². The molecule has 0 saturated heterocycles. The Morgan fingerprint density at radius 1 is 1.08 bits per heavy atom.